The maximum atomic E-state index is 12.6. The average Bonchev–Trinajstić information content (AvgIpc) is 2.62. The maximum Gasteiger partial charge on any atom is 0.416 e. The van der Waals surface area contributed by atoms with Crippen molar-refractivity contribution in [3.8, 4) is 6.07 Å². The molecule has 2 rings (SSSR count). The molecule has 0 aliphatic rings. The number of benzene rings is 2. The molecule has 8 heteroatoms. The van der Waals surface area contributed by atoms with E-state index in [-0.39, 0.29) is 17.0 Å². The summed E-state index contributed by atoms with van der Waals surface area (Å²) in [7, 11) is 0. The van der Waals surface area contributed by atoms with Crippen LogP contribution in [0.1, 0.15) is 28.4 Å². The Morgan fingerprint density at radius 3 is 1.96 bits per heavy atom. The minimum Gasteiger partial charge on any atom is -0.506 e. The second kappa shape index (κ2) is 7.74. The summed E-state index contributed by atoms with van der Waals surface area (Å²) < 4.78 is 37.7. The molecule has 0 saturated heterocycles. The Morgan fingerprint density at radius 1 is 1.00 bits per heavy atom. The Balaban J connectivity index is 2.26. The van der Waals surface area contributed by atoms with E-state index in [0.29, 0.717) is 5.56 Å². The van der Waals surface area contributed by atoms with Gasteiger partial charge in [0, 0.05) is 16.8 Å². The number of aliphatic hydroxyl groups is 1. The van der Waals surface area contributed by atoms with E-state index >= 15 is 0 Å². The topological polar surface area (TPSA) is 90.2 Å². The summed E-state index contributed by atoms with van der Waals surface area (Å²) >= 11 is 0. The van der Waals surface area contributed by atoms with Crippen molar-refractivity contribution in [2.24, 2.45) is 0 Å². The van der Waals surface area contributed by atoms with Gasteiger partial charge in [0.25, 0.3) is 5.91 Å². The Hall–Kier alpha value is -3.60. The first kappa shape index (κ1) is 19.7. The van der Waals surface area contributed by atoms with Crippen LogP contribution in [-0.4, -0.2) is 16.8 Å². The molecule has 2 aromatic carbocycles. The predicted molar refractivity (Wildman–Crippen MR) is 91.7 cm³/mol. The summed E-state index contributed by atoms with van der Waals surface area (Å²) in [4.78, 5) is 23.4. The van der Waals surface area contributed by atoms with Crippen molar-refractivity contribution in [3.63, 3.8) is 0 Å². The lowest BCUT2D eigenvalue weighted by Gasteiger charge is -2.09. The van der Waals surface area contributed by atoms with Gasteiger partial charge in [0.1, 0.15) is 11.8 Å². The minimum atomic E-state index is -4.54. The summed E-state index contributed by atoms with van der Waals surface area (Å²) in [5.41, 5.74) is -0.991. The van der Waals surface area contributed by atoms with Crippen LogP contribution in [0.3, 0.4) is 0 Å². The molecule has 0 radical (unpaired) electrons. The van der Waals surface area contributed by atoms with Gasteiger partial charge in [-0.1, -0.05) is 12.1 Å². The molecule has 0 aliphatic carbocycles. The smallest absolute Gasteiger partial charge is 0.416 e. The molecule has 0 spiro atoms. The number of aliphatic hydroxyl groups excluding tert-OH is 1. The Labute approximate surface area is 152 Å². The maximum absolute atomic E-state index is 12.6. The molecule has 0 aromatic heterocycles. The summed E-state index contributed by atoms with van der Waals surface area (Å²) in [6.45, 7) is 1.38. The quantitative estimate of drug-likeness (QED) is 0.361. The molecule has 0 heterocycles. The highest BCUT2D eigenvalue weighted by atomic mass is 19.4. The normalized spacial score (nSPS) is 12.0. The molecule has 0 unspecified atom stereocenters. The summed E-state index contributed by atoms with van der Waals surface area (Å²) in [5.74, 6) is -1.85. The lowest BCUT2D eigenvalue weighted by Crippen LogP contribution is -2.15. The fourth-order valence-corrected chi connectivity index (χ4v) is 2.15. The molecule has 0 bridgehead atoms. The number of halogens is 3. The third-order valence-corrected chi connectivity index (χ3v) is 3.61. The molecule has 138 valence electrons. The monoisotopic (exact) mass is 374 g/mol. The van der Waals surface area contributed by atoms with Crippen molar-refractivity contribution in [1.82, 2.24) is 0 Å². The number of carbonyl (C=O) groups excluding carboxylic acids is 2. The van der Waals surface area contributed by atoms with Gasteiger partial charge in [-0.05, 0) is 43.3 Å². The molecule has 27 heavy (non-hydrogen) atoms. The van der Waals surface area contributed by atoms with Gasteiger partial charge in [0.2, 0.25) is 0 Å². The van der Waals surface area contributed by atoms with Crippen LogP contribution in [0, 0.1) is 11.3 Å². The molecule has 0 atom stereocenters. The number of nitrogens with zero attached hydrogens (tertiary/aromatic N) is 1. The van der Waals surface area contributed by atoms with E-state index < -0.39 is 29.0 Å². The van der Waals surface area contributed by atoms with Crippen LogP contribution >= 0.6 is 0 Å². The number of ketones is 1. The van der Waals surface area contributed by atoms with Gasteiger partial charge in [-0.25, -0.2) is 0 Å². The van der Waals surface area contributed by atoms with Crippen molar-refractivity contribution in [1.29, 1.82) is 5.26 Å². The van der Waals surface area contributed by atoms with Gasteiger partial charge in [-0.2, -0.15) is 18.4 Å². The van der Waals surface area contributed by atoms with Crippen molar-refractivity contribution >= 4 is 23.1 Å². The van der Waals surface area contributed by atoms with Crippen LogP contribution in [0.25, 0.3) is 5.76 Å². The zero-order valence-electron chi connectivity index (χ0n) is 14.0. The number of hydrogen-bond acceptors (Lipinski definition) is 4. The lowest BCUT2D eigenvalue weighted by molar-refractivity contribution is -0.137. The standard InChI is InChI=1S/C19H13F3N2O3/c1-11(25)12-4-8-15(9-5-12)24-18(27)16(10-23)17(26)13-2-6-14(7-3-13)19(20,21)22/h2-9,26H,1H3,(H,24,27)/b17-16-. The molecular weight excluding hydrogens is 361 g/mol. The predicted octanol–water partition coefficient (Wildman–Crippen LogP) is 4.34. The van der Waals surface area contributed by atoms with Crippen molar-refractivity contribution in [3.05, 3.63) is 70.8 Å². The van der Waals surface area contributed by atoms with Gasteiger partial charge in [0.05, 0.1) is 5.56 Å². The highest BCUT2D eigenvalue weighted by Crippen LogP contribution is 2.30. The first-order valence-electron chi connectivity index (χ1n) is 7.57. The number of rotatable bonds is 4. The molecule has 5 nitrogen and oxygen atoms in total. The summed E-state index contributed by atoms with van der Waals surface area (Å²) in [6.07, 6.45) is -4.54. The van der Waals surface area contributed by atoms with Crippen molar-refractivity contribution in [2.75, 3.05) is 5.32 Å². The highest BCUT2D eigenvalue weighted by molar-refractivity contribution is 6.11. The third kappa shape index (κ3) is 4.73. The zero-order chi connectivity index (χ0) is 20.2. The van der Waals surface area contributed by atoms with E-state index in [1.54, 1.807) is 0 Å². The number of anilines is 1. The van der Waals surface area contributed by atoms with Crippen LogP contribution in [-0.2, 0) is 11.0 Å². The number of hydrogen-bond donors (Lipinski definition) is 2. The van der Waals surface area contributed by atoms with E-state index in [1.165, 1.54) is 37.3 Å². The summed E-state index contributed by atoms with van der Waals surface area (Å²) in [6, 6.07) is 10.8. The van der Waals surface area contributed by atoms with Crippen LogP contribution in [0.4, 0.5) is 18.9 Å². The zero-order valence-corrected chi connectivity index (χ0v) is 14.0. The fourth-order valence-electron chi connectivity index (χ4n) is 2.15. The fraction of sp³-hybridized carbons (Fsp3) is 0.105. The minimum absolute atomic E-state index is 0.110. The molecule has 2 aromatic rings. The van der Waals surface area contributed by atoms with E-state index in [1.807, 2.05) is 0 Å². The Morgan fingerprint density at radius 2 is 1.52 bits per heavy atom. The number of nitrogens with one attached hydrogen (secondary N) is 1. The van der Waals surface area contributed by atoms with E-state index in [2.05, 4.69) is 5.32 Å². The van der Waals surface area contributed by atoms with Gasteiger partial charge >= 0.3 is 6.18 Å². The molecule has 2 N–H and O–H groups in total. The van der Waals surface area contributed by atoms with Crippen LogP contribution in [0.2, 0.25) is 0 Å². The molecule has 0 fully saturated rings. The lowest BCUT2D eigenvalue weighted by atomic mass is 10.1. The average molecular weight is 374 g/mol. The van der Waals surface area contributed by atoms with Gasteiger partial charge < -0.3 is 10.4 Å². The molecule has 0 saturated carbocycles. The van der Waals surface area contributed by atoms with Gasteiger partial charge in [-0.3, -0.25) is 9.59 Å². The Kier molecular flexibility index (Phi) is 5.66. The first-order valence-corrected chi connectivity index (χ1v) is 7.57. The second-order valence-corrected chi connectivity index (χ2v) is 5.50. The van der Waals surface area contributed by atoms with Crippen LogP contribution in [0.5, 0.6) is 0 Å². The van der Waals surface area contributed by atoms with E-state index in [9.17, 15) is 27.9 Å². The number of alkyl halides is 3. The third-order valence-electron chi connectivity index (χ3n) is 3.61. The van der Waals surface area contributed by atoms with Crippen LogP contribution in [0.15, 0.2) is 54.1 Å². The van der Waals surface area contributed by atoms with Gasteiger partial charge in [0.15, 0.2) is 11.4 Å². The Bertz CT molecular complexity index is 938. The number of nitriles is 1. The number of carbonyl (C=O) groups is 2. The van der Waals surface area contributed by atoms with Crippen molar-refractivity contribution in [2.45, 2.75) is 13.1 Å². The molecule has 1 amide bonds. The number of Topliss-reactive ketones (excluding diaryl/α,β-unsaturated/α-hetero) is 1. The molecular formula is C19H13F3N2O3. The largest absolute Gasteiger partial charge is 0.506 e. The highest BCUT2D eigenvalue weighted by Gasteiger charge is 2.30. The summed E-state index contributed by atoms with van der Waals surface area (Å²) in [5, 5.41) is 21.6. The van der Waals surface area contributed by atoms with E-state index in [0.717, 1.165) is 24.3 Å². The second-order valence-electron chi connectivity index (χ2n) is 5.50. The van der Waals surface area contributed by atoms with Gasteiger partial charge in [-0.15, -0.1) is 0 Å². The first-order chi connectivity index (χ1) is 12.6. The molecule has 0 aliphatic heterocycles. The SMILES string of the molecule is CC(=O)c1ccc(NC(=O)/C(C#N)=C(\O)c2ccc(C(F)(F)F)cc2)cc1. The number of amides is 1. The van der Waals surface area contributed by atoms with Crippen molar-refractivity contribution < 1.29 is 27.9 Å². The van der Waals surface area contributed by atoms with E-state index in [4.69, 9.17) is 5.26 Å². The van der Waals surface area contributed by atoms with Crippen LogP contribution < -0.4 is 5.32 Å².